The third kappa shape index (κ3) is 8.34. The minimum Gasteiger partial charge on any atom is -0.445 e. The number of ether oxygens (including phenoxy) is 2. The van der Waals surface area contributed by atoms with Crippen LogP contribution in [-0.2, 0) is 27.3 Å². The van der Waals surface area contributed by atoms with Gasteiger partial charge < -0.3 is 24.8 Å². The van der Waals surface area contributed by atoms with Crippen LogP contribution in [0.5, 0.6) is 0 Å². The summed E-state index contributed by atoms with van der Waals surface area (Å²) in [5, 5.41) is 12.9. The lowest BCUT2D eigenvalue weighted by Crippen LogP contribution is -2.37. The molecule has 1 amide bonds. The van der Waals surface area contributed by atoms with Crippen LogP contribution in [0.2, 0.25) is 0 Å². The van der Waals surface area contributed by atoms with Gasteiger partial charge in [0.05, 0.1) is 12.3 Å². The molecule has 0 aliphatic carbocycles. The van der Waals surface area contributed by atoms with Crippen molar-refractivity contribution in [3.63, 3.8) is 0 Å². The first-order valence-corrected chi connectivity index (χ1v) is 13.3. The number of aliphatic hydroxyl groups is 1. The highest BCUT2D eigenvalue weighted by molar-refractivity contribution is 7.59. The van der Waals surface area contributed by atoms with Gasteiger partial charge in [-0.3, -0.25) is 4.57 Å². The van der Waals surface area contributed by atoms with Gasteiger partial charge in [0, 0.05) is 6.42 Å². The van der Waals surface area contributed by atoms with E-state index in [1.165, 1.54) is 0 Å². The number of carbonyl (C=O) groups is 1. The van der Waals surface area contributed by atoms with E-state index in [9.17, 15) is 19.4 Å². The SMILES string of the molecule is CC(c1ccccc1)P(=O)(O)C(CCC(O)OCc1ccccc1)NC(=O)OCc1ccccc1. The lowest BCUT2D eigenvalue weighted by molar-refractivity contribution is -0.112. The summed E-state index contributed by atoms with van der Waals surface area (Å²) >= 11 is 0. The van der Waals surface area contributed by atoms with Gasteiger partial charge in [0.15, 0.2) is 6.29 Å². The maximum atomic E-state index is 13.6. The largest absolute Gasteiger partial charge is 0.445 e. The van der Waals surface area contributed by atoms with Crippen LogP contribution in [0, 0.1) is 0 Å². The Morgan fingerprint density at radius 1 is 0.857 bits per heavy atom. The molecule has 3 N–H and O–H groups in total. The maximum absolute atomic E-state index is 13.6. The van der Waals surface area contributed by atoms with E-state index in [0.29, 0.717) is 5.56 Å². The standard InChI is InChI=1S/C27H32NO6P/c1-21(24-15-9-4-10-16-24)35(31,32)25(28-27(30)34-20-23-13-7-3-8-14-23)17-18-26(29)33-19-22-11-5-2-6-12-22/h2-16,21,25-26,29H,17-20H2,1H3,(H,28,30)(H,31,32). The van der Waals surface area contributed by atoms with Crippen molar-refractivity contribution in [3.05, 3.63) is 108 Å². The highest BCUT2D eigenvalue weighted by Crippen LogP contribution is 2.59. The van der Waals surface area contributed by atoms with E-state index in [1.807, 2.05) is 66.7 Å². The molecule has 0 radical (unpaired) electrons. The van der Waals surface area contributed by atoms with Crippen LogP contribution in [0.25, 0.3) is 0 Å². The van der Waals surface area contributed by atoms with Crippen molar-refractivity contribution in [1.82, 2.24) is 5.32 Å². The van der Waals surface area contributed by atoms with E-state index in [4.69, 9.17) is 9.47 Å². The summed E-state index contributed by atoms with van der Waals surface area (Å²) in [7, 11) is -3.98. The fourth-order valence-corrected chi connectivity index (χ4v) is 5.56. The first-order chi connectivity index (χ1) is 16.9. The van der Waals surface area contributed by atoms with Gasteiger partial charge in [-0.2, -0.15) is 0 Å². The predicted molar refractivity (Wildman–Crippen MR) is 135 cm³/mol. The summed E-state index contributed by atoms with van der Waals surface area (Å²) in [5.74, 6) is -1.13. The lowest BCUT2D eigenvalue weighted by Gasteiger charge is -2.29. The molecule has 7 nitrogen and oxygen atoms in total. The number of benzene rings is 3. The number of carbonyl (C=O) groups excluding carboxylic acids is 1. The van der Waals surface area contributed by atoms with E-state index < -0.39 is 31.2 Å². The quantitative estimate of drug-likeness (QED) is 0.223. The topological polar surface area (TPSA) is 105 Å². The molecule has 3 rings (SSSR count). The Morgan fingerprint density at radius 3 is 1.94 bits per heavy atom. The smallest absolute Gasteiger partial charge is 0.408 e. The summed E-state index contributed by atoms with van der Waals surface area (Å²) in [6.07, 6.45) is -1.87. The van der Waals surface area contributed by atoms with Gasteiger partial charge in [-0.1, -0.05) is 91.0 Å². The fraction of sp³-hybridized carbons (Fsp3) is 0.296. The van der Waals surface area contributed by atoms with Crippen LogP contribution < -0.4 is 5.32 Å². The Morgan fingerprint density at radius 2 is 1.37 bits per heavy atom. The highest BCUT2D eigenvalue weighted by atomic mass is 31.2. The molecule has 0 aliphatic heterocycles. The molecule has 0 spiro atoms. The van der Waals surface area contributed by atoms with E-state index in [2.05, 4.69) is 5.32 Å². The number of hydrogen-bond donors (Lipinski definition) is 3. The number of nitrogens with one attached hydrogen (secondary N) is 1. The zero-order chi connectivity index (χ0) is 25.1. The third-order valence-electron chi connectivity index (χ3n) is 5.75. The van der Waals surface area contributed by atoms with E-state index in [0.717, 1.165) is 11.1 Å². The highest BCUT2D eigenvalue weighted by Gasteiger charge is 2.39. The van der Waals surface area contributed by atoms with E-state index in [-0.39, 0.29) is 26.1 Å². The Kier molecular flexibility index (Phi) is 10.1. The first-order valence-electron chi connectivity index (χ1n) is 11.5. The molecule has 35 heavy (non-hydrogen) atoms. The van der Waals surface area contributed by atoms with Crippen molar-refractivity contribution in [2.75, 3.05) is 0 Å². The van der Waals surface area contributed by atoms with Crippen molar-refractivity contribution in [1.29, 1.82) is 0 Å². The Labute approximate surface area is 206 Å². The summed E-state index contributed by atoms with van der Waals surface area (Å²) < 4.78 is 24.3. The molecule has 0 bridgehead atoms. The third-order valence-corrected chi connectivity index (χ3v) is 8.44. The second-order valence-corrected chi connectivity index (χ2v) is 11.1. The molecular formula is C27H32NO6P. The van der Waals surface area contributed by atoms with Gasteiger partial charge in [0.1, 0.15) is 12.4 Å². The summed E-state index contributed by atoms with van der Waals surface area (Å²) in [6, 6.07) is 27.5. The molecule has 8 heteroatoms. The molecule has 0 fully saturated rings. The molecule has 0 aromatic heterocycles. The van der Waals surface area contributed by atoms with Crippen LogP contribution in [-0.4, -0.2) is 28.2 Å². The average Bonchev–Trinajstić information content (AvgIpc) is 2.89. The van der Waals surface area contributed by atoms with Gasteiger partial charge in [0.2, 0.25) is 7.37 Å². The molecule has 0 saturated carbocycles. The minimum atomic E-state index is -3.98. The second kappa shape index (κ2) is 13.2. The maximum Gasteiger partial charge on any atom is 0.408 e. The fourth-order valence-electron chi connectivity index (χ4n) is 3.62. The molecule has 3 aromatic rings. The summed E-state index contributed by atoms with van der Waals surface area (Å²) in [6.45, 7) is 1.89. The van der Waals surface area contributed by atoms with Gasteiger partial charge in [-0.15, -0.1) is 0 Å². The number of amides is 1. The zero-order valence-electron chi connectivity index (χ0n) is 19.7. The number of alkyl carbamates (subject to hydrolysis) is 1. The molecule has 186 valence electrons. The van der Waals surface area contributed by atoms with Crippen LogP contribution >= 0.6 is 7.37 Å². The van der Waals surface area contributed by atoms with Crippen LogP contribution in [0.1, 0.15) is 42.1 Å². The van der Waals surface area contributed by atoms with Gasteiger partial charge >= 0.3 is 6.09 Å². The Balaban J connectivity index is 1.65. The Bertz CT molecular complexity index is 1080. The normalized spacial score (nSPS) is 15.4. The van der Waals surface area contributed by atoms with Crippen LogP contribution in [0.4, 0.5) is 4.79 Å². The van der Waals surface area contributed by atoms with Crippen molar-refractivity contribution < 1.29 is 28.8 Å². The van der Waals surface area contributed by atoms with Crippen LogP contribution in [0.3, 0.4) is 0 Å². The molecule has 0 saturated heterocycles. The summed E-state index contributed by atoms with van der Waals surface area (Å²) in [5.41, 5.74) is 1.65. The molecule has 3 aromatic carbocycles. The van der Waals surface area contributed by atoms with E-state index in [1.54, 1.807) is 31.2 Å². The van der Waals surface area contributed by atoms with Crippen molar-refractivity contribution in [3.8, 4) is 0 Å². The van der Waals surface area contributed by atoms with Crippen molar-refractivity contribution >= 4 is 13.5 Å². The second-order valence-electron chi connectivity index (χ2n) is 8.31. The summed E-state index contributed by atoms with van der Waals surface area (Å²) in [4.78, 5) is 23.6. The zero-order valence-corrected chi connectivity index (χ0v) is 20.6. The van der Waals surface area contributed by atoms with Crippen molar-refractivity contribution in [2.24, 2.45) is 0 Å². The Hall–Kier alpha value is -2.96. The van der Waals surface area contributed by atoms with Gasteiger partial charge in [-0.05, 0) is 30.0 Å². The number of aliphatic hydroxyl groups excluding tert-OH is 1. The molecular weight excluding hydrogens is 465 g/mol. The predicted octanol–water partition coefficient (Wildman–Crippen LogP) is 5.59. The first kappa shape index (κ1) is 26.6. The van der Waals surface area contributed by atoms with Crippen LogP contribution in [0.15, 0.2) is 91.0 Å². The number of rotatable bonds is 12. The molecule has 4 atom stereocenters. The molecule has 0 aliphatic rings. The lowest BCUT2D eigenvalue weighted by atomic mass is 10.2. The average molecular weight is 498 g/mol. The minimum absolute atomic E-state index is 0.0291. The van der Waals surface area contributed by atoms with Gasteiger partial charge in [0.25, 0.3) is 0 Å². The van der Waals surface area contributed by atoms with E-state index >= 15 is 0 Å². The number of hydrogen-bond acceptors (Lipinski definition) is 5. The molecule has 4 unspecified atom stereocenters. The monoisotopic (exact) mass is 497 g/mol. The van der Waals surface area contributed by atoms with Gasteiger partial charge in [-0.25, -0.2) is 4.79 Å². The molecule has 0 heterocycles. The van der Waals surface area contributed by atoms with Crippen molar-refractivity contribution in [2.45, 2.75) is 50.7 Å².